The second-order valence-electron chi connectivity index (χ2n) is 6.24. The molecule has 7 nitrogen and oxygen atoms in total. The standard InChI is InChI=1S/C19H18ClN3O4S2/c1-11-4-5-14(20)10-16(11)23-29(25,26)18-9-7-15(28-18)6-8-17-19(21-13(3)24)12(2)22-27-17/h4-10,23H,1-3H3,(H,21,24)/b8-6+. The molecule has 0 saturated carbocycles. The summed E-state index contributed by atoms with van der Waals surface area (Å²) < 4.78 is 33.3. The SMILES string of the molecule is CC(=O)Nc1c(C)noc1/C=C/c1ccc(S(=O)(=O)Nc2cc(Cl)ccc2C)s1. The molecule has 0 fully saturated rings. The van der Waals surface area contributed by atoms with Gasteiger partial charge in [0.25, 0.3) is 10.0 Å². The maximum atomic E-state index is 12.7. The largest absolute Gasteiger partial charge is 0.354 e. The van der Waals surface area contributed by atoms with E-state index < -0.39 is 10.0 Å². The van der Waals surface area contributed by atoms with Gasteiger partial charge in [0.1, 0.15) is 15.6 Å². The summed E-state index contributed by atoms with van der Waals surface area (Å²) in [6, 6.07) is 8.21. The monoisotopic (exact) mass is 451 g/mol. The number of thiophene rings is 1. The molecule has 0 aliphatic rings. The zero-order chi connectivity index (χ0) is 21.2. The van der Waals surface area contributed by atoms with Crippen molar-refractivity contribution in [1.82, 2.24) is 5.16 Å². The van der Waals surface area contributed by atoms with Crippen molar-refractivity contribution in [3.63, 3.8) is 0 Å². The Kier molecular flexibility index (Phi) is 6.11. The summed E-state index contributed by atoms with van der Waals surface area (Å²) in [6.45, 7) is 4.90. The van der Waals surface area contributed by atoms with Gasteiger partial charge in [0.15, 0.2) is 5.76 Å². The third-order valence-corrected chi connectivity index (χ3v) is 7.04. The molecule has 2 aromatic heterocycles. The second-order valence-corrected chi connectivity index (χ2v) is 9.70. The zero-order valence-electron chi connectivity index (χ0n) is 15.8. The predicted octanol–water partition coefficient (Wildman–Crippen LogP) is 4.94. The molecule has 0 bridgehead atoms. The smallest absolute Gasteiger partial charge is 0.271 e. The topological polar surface area (TPSA) is 101 Å². The molecular weight excluding hydrogens is 434 g/mol. The van der Waals surface area contributed by atoms with E-state index >= 15 is 0 Å². The van der Waals surface area contributed by atoms with Crippen molar-refractivity contribution >= 4 is 62.4 Å². The highest BCUT2D eigenvalue weighted by molar-refractivity contribution is 7.94. The number of nitrogens with one attached hydrogen (secondary N) is 2. The van der Waals surface area contributed by atoms with E-state index in [2.05, 4.69) is 15.2 Å². The summed E-state index contributed by atoms with van der Waals surface area (Å²) in [7, 11) is -3.75. The zero-order valence-corrected chi connectivity index (χ0v) is 18.2. The number of hydrogen-bond acceptors (Lipinski definition) is 6. The molecule has 10 heteroatoms. The highest BCUT2D eigenvalue weighted by Crippen LogP contribution is 2.29. The Hall–Kier alpha value is -2.62. The number of nitrogens with zero attached hydrogens (tertiary/aromatic N) is 1. The molecule has 152 valence electrons. The van der Waals surface area contributed by atoms with Gasteiger partial charge in [-0.25, -0.2) is 8.42 Å². The molecule has 0 saturated heterocycles. The quantitative estimate of drug-likeness (QED) is 0.553. The van der Waals surface area contributed by atoms with Crippen molar-refractivity contribution in [2.45, 2.75) is 25.0 Å². The summed E-state index contributed by atoms with van der Waals surface area (Å²) in [6.07, 6.45) is 3.32. The minimum absolute atomic E-state index is 0.160. The Morgan fingerprint density at radius 3 is 2.69 bits per heavy atom. The number of hydrogen-bond donors (Lipinski definition) is 2. The molecule has 0 radical (unpaired) electrons. The molecule has 0 atom stereocenters. The molecule has 0 aliphatic carbocycles. The minimum Gasteiger partial charge on any atom is -0.354 e. The third-order valence-electron chi connectivity index (χ3n) is 3.90. The van der Waals surface area contributed by atoms with E-state index in [0.29, 0.717) is 32.7 Å². The number of carbonyl (C=O) groups excluding carboxylic acids is 1. The van der Waals surface area contributed by atoms with Gasteiger partial charge in [0, 0.05) is 16.8 Å². The Bertz CT molecular complexity index is 1200. The van der Waals surface area contributed by atoms with Gasteiger partial charge in [-0.3, -0.25) is 9.52 Å². The maximum Gasteiger partial charge on any atom is 0.271 e. The number of sulfonamides is 1. The molecule has 3 aromatic rings. The van der Waals surface area contributed by atoms with Gasteiger partial charge >= 0.3 is 0 Å². The van der Waals surface area contributed by atoms with E-state index in [1.165, 1.54) is 13.0 Å². The van der Waals surface area contributed by atoms with E-state index in [1.54, 1.807) is 50.3 Å². The lowest BCUT2D eigenvalue weighted by atomic mass is 10.2. The number of benzene rings is 1. The highest BCUT2D eigenvalue weighted by Gasteiger charge is 2.18. The lowest BCUT2D eigenvalue weighted by molar-refractivity contribution is -0.114. The average Bonchev–Trinajstić information content (AvgIpc) is 3.24. The van der Waals surface area contributed by atoms with E-state index in [-0.39, 0.29) is 10.1 Å². The first-order chi connectivity index (χ1) is 13.7. The first-order valence-electron chi connectivity index (χ1n) is 8.46. The van der Waals surface area contributed by atoms with Gasteiger partial charge in [-0.1, -0.05) is 22.8 Å². The van der Waals surface area contributed by atoms with Crippen molar-refractivity contribution in [2.24, 2.45) is 0 Å². The number of carbonyl (C=O) groups is 1. The van der Waals surface area contributed by atoms with Crippen molar-refractivity contribution in [3.8, 4) is 0 Å². The van der Waals surface area contributed by atoms with Gasteiger partial charge in [0.05, 0.1) is 5.69 Å². The lowest BCUT2D eigenvalue weighted by Gasteiger charge is -2.09. The molecule has 29 heavy (non-hydrogen) atoms. The van der Waals surface area contributed by atoms with E-state index in [9.17, 15) is 13.2 Å². The van der Waals surface area contributed by atoms with Crippen LogP contribution in [-0.4, -0.2) is 19.5 Å². The Labute approximate surface area is 177 Å². The van der Waals surface area contributed by atoms with E-state index in [4.69, 9.17) is 16.1 Å². The van der Waals surface area contributed by atoms with Crippen LogP contribution in [0, 0.1) is 13.8 Å². The van der Waals surface area contributed by atoms with Crippen LogP contribution in [0.1, 0.15) is 28.8 Å². The fourth-order valence-electron chi connectivity index (χ4n) is 2.45. The fourth-order valence-corrected chi connectivity index (χ4v) is 4.98. The molecule has 2 N–H and O–H groups in total. The van der Waals surface area contributed by atoms with Crippen LogP contribution in [0.25, 0.3) is 12.2 Å². The van der Waals surface area contributed by atoms with Crippen LogP contribution in [0.2, 0.25) is 5.02 Å². The predicted molar refractivity (Wildman–Crippen MR) is 116 cm³/mol. The lowest BCUT2D eigenvalue weighted by Crippen LogP contribution is -2.12. The van der Waals surface area contributed by atoms with Crippen LogP contribution in [-0.2, 0) is 14.8 Å². The van der Waals surface area contributed by atoms with Crippen molar-refractivity contribution in [2.75, 3.05) is 10.0 Å². The number of halogens is 1. The van der Waals surface area contributed by atoms with Crippen molar-refractivity contribution in [1.29, 1.82) is 0 Å². The minimum atomic E-state index is -3.75. The first-order valence-corrected chi connectivity index (χ1v) is 11.1. The molecule has 1 aromatic carbocycles. The molecule has 3 rings (SSSR count). The van der Waals surface area contributed by atoms with Gasteiger partial charge in [-0.05, 0) is 55.8 Å². The van der Waals surface area contributed by atoms with Gasteiger partial charge in [0.2, 0.25) is 5.91 Å². The number of anilines is 2. The summed E-state index contributed by atoms with van der Waals surface area (Å²) in [5.74, 6) is 0.140. The normalized spacial score (nSPS) is 11.7. The summed E-state index contributed by atoms with van der Waals surface area (Å²) in [5.41, 5.74) is 2.23. The van der Waals surface area contributed by atoms with Gasteiger partial charge in [-0.2, -0.15) is 0 Å². The molecule has 2 heterocycles. The Balaban J connectivity index is 1.81. The highest BCUT2D eigenvalue weighted by atomic mass is 35.5. The number of rotatable bonds is 6. The maximum absolute atomic E-state index is 12.7. The van der Waals surface area contributed by atoms with Crippen molar-refractivity contribution < 1.29 is 17.7 Å². The Morgan fingerprint density at radius 1 is 1.21 bits per heavy atom. The molecule has 0 spiro atoms. The van der Waals surface area contributed by atoms with Gasteiger partial charge in [-0.15, -0.1) is 11.3 Å². The number of amides is 1. The van der Waals surface area contributed by atoms with Gasteiger partial charge < -0.3 is 9.84 Å². The molecule has 1 amide bonds. The van der Waals surface area contributed by atoms with Crippen LogP contribution in [0.3, 0.4) is 0 Å². The number of aryl methyl sites for hydroxylation is 2. The van der Waals surface area contributed by atoms with Crippen molar-refractivity contribution in [3.05, 3.63) is 57.2 Å². The van der Waals surface area contributed by atoms with Crippen LogP contribution < -0.4 is 10.0 Å². The van der Waals surface area contributed by atoms with Crippen LogP contribution >= 0.6 is 22.9 Å². The Morgan fingerprint density at radius 2 is 1.97 bits per heavy atom. The van der Waals surface area contributed by atoms with Crippen LogP contribution in [0.15, 0.2) is 39.1 Å². The second kappa shape index (κ2) is 8.40. The fraction of sp³-hybridized carbons (Fsp3) is 0.158. The average molecular weight is 452 g/mol. The third kappa shape index (κ3) is 5.06. The summed E-state index contributed by atoms with van der Waals surface area (Å²) >= 11 is 7.05. The number of aromatic nitrogens is 1. The first kappa shape index (κ1) is 21.1. The van der Waals surface area contributed by atoms with Crippen LogP contribution in [0.4, 0.5) is 11.4 Å². The van der Waals surface area contributed by atoms with Crippen LogP contribution in [0.5, 0.6) is 0 Å². The molecular formula is C19H18ClN3O4S2. The van der Waals surface area contributed by atoms with E-state index in [1.807, 2.05) is 0 Å². The van der Waals surface area contributed by atoms with E-state index in [0.717, 1.165) is 16.9 Å². The summed E-state index contributed by atoms with van der Waals surface area (Å²) in [5, 5.41) is 6.94. The summed E-state index contributed by atoms with van der Waals surface area (Å²) in [4.78, 5) is 12.0. The molecule has 0 unspecified atom stereocenters. The molecule has 0 aliphatic heterocycles.